The van der Waals surface area contributed by atoms with Crippen molar-refractivity contribution in [3.8, 4) is 22.9 Å². The van der Waals surface area contributed by atoms with E-state index in [9.17, 15) is 17.6 Å². The molecule has 1 aromatic carbocycles. The van der Waals surface area contributed by atoms with Gasteiger partial charge >= 0.3 is 0 Å². The van der Waals surface area contributed by atoms with E-state index in [1.54, 1.807) is 19.1 Å². The molecule has 1 unspecified atom stereocenters. The van der Waals surface area contributed by atoms with E-state index in [4.69, 9.17) is 14.2 Å². The summed E-state index contributed by atoms with van der Waals surface area (Å²) in [6.45, 7) is 6.93. The van der Waals surface area contributed by atoms with E-state index >= 15 is 0 Å². The molecular weight excluding hydrogens is 513 g/mol. The number of nitrogens with one attached hydrogen (secondary N) is 1. The Balaban J connectivity index is 1.67. The summed E-state index contributed by atoms with van der Waals surface area (Å²) in [5.74, 6) is -0.931. The monoisotopic (exact) mass is 543 g/mol. The Morgan fingerprint density at radius 2 is 2.00 bits per heavy atom. The van der Waals surface area contributed by atoms with Gasteiger partial charge in [0.2, 0.25) is 5.88 Å². The third-order valence-electron chi connectivity index (χ3n) is 5.62. The number of nitrogens with zero attached hydrogens (tertiary/aromatic N) is 2. The number of carbonyl (C=O) groups is 1. The van der Waals surface area contributed by atoms with Gasteiger partial charge in [-0.15, -0.1) is 0 Å². The SMILES string of the molecule is Cc1cccc(S(=O)(=O)NC(=O)c2ccc(-c3cc(F)cc(OCC(C)C)c3)nc2OC2CCCOC2)n1. The van der Waals surface area contributed by atoms with Crippen molar-refractivity contribution in [3.63, 3.8) is 0 Å². The van der Waals surface area contributed by atoms with Gasteiger partial charge in [-0.2, -0.15) is 8.42 Å². The van der Waals surface area contributed by atoms with Crippen LogP contribution >= 0.6 is 0 Å². The zero-order chi connectivity index (χ0) is 27.3. The molecule has 9 nitrogen and oxygen atoms in total. The van der Waals surface area contributed by atoms with Crippen molar-refractivity contribution in [1.82, 2.24) is 14.7 Å². The molecule has 1 saturated heterocycles. The van der Waals surface area contributed by atoms with E-state index in [-0.39, 0.29) is 28.5 Å². The number of ether oxygens (including phenoxy) is 3. The standard InChI is InChI=1S/C27H30FN3O6S/c1-17(2)15-36-22-13-19(12-20(28)14-22)24-10-9-23(27(30-24)37-21-7-5-11-35-16-21)26(32)31-38(33,34)25-8-4-6-18(3)29-25/h4,6,8-10,12-14,17,21H,5,7,11,15-16H2,1-3H3,(H,31,32). The minimum absolute atomic E-state index is 0.0863. The van der Waals surface area contributed by atoms with E-state index in [1.807, 2.05) is 18.6 Å². The van der Waals surface area contributed by atoms with Gasteiger partial charge in [-0.1, -0.05) is 19.9 Å². The fourth-order valence-electron chi connectivity index (χ4n) is 3.78. The van der Waals surface area contributed by atoms with Gasteiger partial charge in [-0.05, 0) is 62.1 Å². The van der Waals surface area contributed by atoms with Crippen LogP contribution in [0.4, 0.5) is 4.39 Å². The Hall–Kier alpha value is -3.57. The number of rotatable bonds is 9. The molecule has 0 spiro atoms. The lowest BCUT2D eigenvalue weighted by molar-refractivity contribution is 0.00519. The molecule has 1 aliphatic rings. The number of aryl methyl sites for hydroxylation is 1. The Morgan fingerprint density at radius 3 is 2.71 bits per heavy atom. The first kappa shape index (κ1) is 27.5. The van der Waals surface area contributed by atoms with Gasteiger partial charge in [0.1, 0.15) is 23.2 Å². The molecular formula is C27H30FN3O6S. The fourth-order valence-corrected chi connectivity index (χ4v) is 4.76. The summed E-state index contributed by atoms with van der Waals surface area (Å²) in [6, 6.07) is 11.6. The van der Waals surface area contributed by atoms with Crippen LogP contribution in [-0.2, 0) is 14.8 Å². The summed E-state index contributed by atoms with van der Waals surface area (Å²) < 4.78 is 59.2. The summed E-state index contributed by atoms with van der Waals surface area (Å²) in [7, 11) is -4.25. The number of hydrogen-bond donors (Lipinski definition) is 1. The van der Waals surface area contributed by atoms with Crippen molar-refractivity contribution in [3.05, 3.63) is 65.6 Å². The lowest BCUT2D eigenvalue weighted by atomic mass is 10.1. The highest BCUT2D eigenvalue weighted by Gasteiger charge is 2.26. The summed E-state index contributed by atoms with van der Waals surface area (Å²) >= 11 is 0. The maximum atomic E-state index is 14.4. The van der Waals surface area contributed by atoms with Crippen LogP contribution in [-0.4, -0.2) is 50.2 Å². The number of benzene rings is 1. The van der Waals surface area contributed by atoms with Crippen molar-refractivity contribution in [2.45, 2.75) is 44.7 Å². The molecule has 1 amide bonds. The topological polar surface area (TPSA) is 117 Å². The van der Waals surface area contributed by atoms with E-state index in [0.29, 0.717) is 48.9 Å². The number of aromatic nitrogens is 2. The van der Waals surface area contributed by atoms with Crippen LogP contribution in [0.3, 0.4) is 0 Å². The molecule has 3 aromatic rings. The summed E-state index contributed by atoms with van der Waals surface area (Å²) in [5, 5.41) is -0.285. The minimum atomic E-state index is -4.25. The lowest BCUT2D eigenvalue weighted by Gasteiger charge is -2.24. The molecule has 0 saturated carbocycles. The van der Waals surface area contributed by atoms with Crippen molar-refractivity contribution in [1.29, 1.82) is 0 Å². The fraction of sp³-hybridized carbons (Fsp3) is 0.370. The van der Waals surface area contributed by atoms with E-state index in [2.05, 4.69) is 9.97 Å². The van der Waals surface area contributed by atoms with Crippen LogP contribution < -0.4 is 14.2 Å². The molecule has 0 bridgehead atoms. The Morgan fingerprint density at radius 1 is 1.18 bits per heavy atom. The Labute approximate surface area is 221 Å². The first-order chi connectivity index (χ1) is 18.1. The number of hydrogen-bond acceptors (Lipinski definition) is 8. The van der Waals surface area contributed by atoms with Crippen molar-refractivity contribution >= 4 is 15.9 Å². The quantitative estimate of drug-likeness (QED) is 0.425. The third-order valence-corrected chi connectivity index (χ3v) is 6.85. The highest BCUT2D eigenvalue weighted by Crippen LogP contribution is 2.29. The second kappa shape index (κ2) is 11.9. The minimum Gasteiger partial charge on any atom is -0.493 e. The number of pyridine rings is 2. The first-order valence-electron chi connectivity index (χ1n) is 12.3. The van der Waals surface area contributed by atoms with E-state index < -0.39 is 21.7 Å². The second-order valence-corrected chi connectivity index (χ2v) is 11.1. The van der Waals surface area contributed by atoms with Gasteiger partial charge in [-0.3, -0.25) is 4.79 Å². The van der Waals surface area contributed by atoms with Gasteiger partial charge in [0.25, 0.3) is 15.9 Å². The molecule has 38 heavy (non-hydrogen) atoms. The van der Waals surface area contributed by atoms with Gasteiger partial charge in [0.05, 0.1) is 18.9 Å². The summed E-state index contributed by atoms with van der Waals surface area (Å²) in [6.07, 6.45) is 1.05. The molecule has 1 aliphatic heterocycles. The third kappa shape index (κ3) is 7.05. The van der Waals surface area contributed by atoms with E-state index in [0.717, 1.165) is 6.42 Å². The Kier molecular flexibility index (Phi) is 8.58. The molecule has 4 rings (SSSR count). The van der Waals surface area contributed by atoms with Crippen LogP contribution in [0.25, 0.3) is 11.3 Å². The Bertz CT molecular complexity index is 1410. The zero-order valence-corrected chi connectivity index (χ0v) is 22.3. The van der Waals surface area contributed by atoms with Gasteiger partial charge < -0.3 is 14.2 Å². The average Bonchev–Trinajstić information content (AvgIpc) is 2.87. The molecule has 11 heteroatoms. The zero-order valence-electron chi connectivity index (χ0n) is 21.4. The van der Waals surface area contributed by atoms with Crippen LogP contribution in [0, 0.1) is 18.7 Å². The molecule has 1 atom stereocenters. The van der Waals surface area contributed by atoms with Crippen LogP contribution in [0.5, 0.6) is 11.6 Å². The van der Waals surface area contributed by atoms with E-state index in [1.165, 1.54) is 36.4 Å². The number of sulfonamides is 1. The smallest absolute Gasteiger partial charge is 0.281 e. The molecule has 3 heterocycles. The van der Waals surface area contributed by atoms with Crippen LogP contribution in [0.15, 0.2) is 53.6 Å². The predicted octanol–water partition coefficient (Wildman–Crippen LogP) is 4.30. The van der Waals surface area contributed by atoms with Crippen molar-refractivity contribution in [2.75, 3.05) is 19.8 Å². The van der Waals surface area contributed by atoms with Crippen LogP contribution in [0.1, 0.15) is 42.7 Å². The highest BCUT2D eigenvalue weighted by atomic mass is 32.2. The van der Waals surface area contributed by atoms with Gasteiger partial charge in [0.15, 0.2) is 5.03 Å². The first-order valence-corrected chi connectivity index (χ1v) is 13.8. The van der Waals surface area contributed by atoms with Gasteiger partial charge in [-0.25, -0.2) is 19.1 Å². The van der Waals surface area contributed by atoms with Crippen molar-refractivity contribution in [2.24, 2.45) is 5.92 Å². The molecule has 202 valence electrons. The second-order valence-electron chi connectivity index (χ2n) is 9.44. The maximum Gasteiger partial charge on any atom is 0.281 e. The molecule has 0 radical (unpaired) electrons. The lowest BCUT2D eigenvalue weighted by Crippen LogP contribution is -2.33. The normalized spacial score (nSPS) is 15.8. The number of amides is 1. The maximum absolute atomic E-state index is 14.4. The average molecular weight is 544 g/mol. The molecule has 1 N–H and O–H groups in total. The number of carbonyl (C=O) groups excluding carboxylic acids is 1. The molecule has 0 aliphatic carbocycles. The predicted molar refractivity (Wildman–Crippen MR) is 138 cm³/mol. The number of halogens is 1. The molecule has 2 aromatic heterocycles. The van der Waals surface area contributed by atoms with Crippen LogP contribution in [0.2, 0.25) is 0 Å². The highest BCUT2D eigenvalue weighted by molar-refractivity contribution is 7.90. The summed E-state index contributed by atoms with van der Waals surface area (Å²) in [5.41, 5.74) is 1.13. The van der Waals surface area contributed by atoms with Gasteiger partial charge in [0, 0.05) is 23.9 Å². The largest absolute Gasteiger partial charge is 0.493 e. The summed E-state index contributed by atoms with van der Waals surface area (Å²) in [4.78, 5) is 21.6. The molecule has 1 fully saturated rings. The van der Waals surface area contributed by atoms with Crippen molar-refractivity contribution < 1.29 is 31.8 Å².